The van der Waals surface area contributed by atoms with E-state index in [9.17, 15) is 23.2 Å². The first-order chi connectivity index (χ1) is 15.1. The fourth-order valence-electron chi connectivity index (χ4n) is 3.25. The van der Waals surface area contributed by atoms with Crippen LogP contribution < -0.4 is 16.1 Å². The fourth-order valence-corrected chi connectivity index (χ4v) is 3.47. The molecule has 0 saturated carbocycles. The SMILES string of the molecule is Nc1ccc2c(ccn2-c2ccc(NC(=O)N(O)c3ccc(Cl)c(C(F)(F)F)c3)cc2)c1. The smallest absolute Gasteiger partial charge is 0.399 e. The number of carbonyl (C=O) groups is 1. The number of nitrogens with two attached hydrogens (primary N) is 1. The van der Waals surface area contributed by atoms with Gasteiger partial charge in [-0.05, 0) is 66.7 Å². The van der Waals surface area contributed by atoms with Gasteiger partial charge in [0, 0.05) is 28.6 Å². The van der Waals surface area contributed by atoms with Gasteiger partial charge in [-0.25, -0.2) is 4.79 Å². The molecule has 0 aliphatic heterocycles. The minimum atomic E-state index is -4.73. The highest BCUT2D eigenvalue weighted by Crippen LogP contribution is 2.36. The highest BCUT2D eigenvalue weighted by molar-refractivity contribution is 6.31. The number of nitrogen functional groups attached to an aromatic ring is 1. The van der Waals surface area contributed by atoms with Crippen LogP contribution in [0.15, 0.2) is 72.9 Å². The first-order valence-electron chi connectivity index (χ1n) is 9.27. The zero-order chi connectivity index (χ0) is 23.0. The molecule has 1 aromatic heterocycles. The van der Waals surface area contributed by atoms with Crippen LogP contribution >= 0.6 is 11.6 Å². The number of halogens is 4. The molecule has 3 aromatic carbocycles. The molecule has 0 aliphatic rings. The van der Waals surface area contributed by atoms with Crippen LogP contribution in [-0.2, 0) is 6.18 Å². The molecule has 1 heterocycles. The lowest BCUT2D eigenvalue weighted by Gasteiger charge is -2.18. The maximum atomic E-state index is 13.0. The monoisotopic (exact) mass is 460 g/mol. The number of benzene rings is 3. The average Bonchev–Trinajstić information content (AvgIpc) is 3.16. The van der Waals surface area contributed by atoms with Gasteiger partial charge in [0.25, 0.3) is 0 Å². The largest absolute Gasteiger partial charge is 0.417 e. The average molecular weight is 461 g/mol. The number of amides is 2. The van der Waals surface area contributed by atoms with Crippen LogP contribution in [0.5, 0.6) is 0 Å². The summed E-state index contributed by atoms with van der Waals surface area (Å²) in [4.78, 5) is 12.3. The number of fused-ring (bicyclic) bond motifs is 1. The van der Waals surface area contributed by atoms with E-state index in [1.54, 1.807) is 30.3 Å². The van der Waals surface area contributed by atoms with Crippen LogP contribution in [0.25, 0.3) is 16.6 Å². The van der Waals surface area contributed by atoms with Crippen molar-refractivity contribution in [3.8, 4) is 5.69 Å². The molecule has 0 saturated heterocycles. The second-order valence-electron chi connectivity index (χ2n) is 6.95. The van der Waals surface area contributed by atoms with Crippen LogP contribution in [0.4, 0.5) is 35.0 Å². The van der Waals surface area contributed by atoms with Gasteiger partial charge < -0.3 is 15.6 Å². The Morgan fingerprint density at radius 1 is 1.03 bits per heavy atom. The third-order valence-corrected chi connectivity index (χ3v) is 5.13. The first kappa shape index (κ1) is 21.5. The Labute approximate surface area is 185 Å². The number of anilines is 3. The summed E-state index contributed by atoms with van der Waals surface area (Å²) >= 11 is 5.57. The van der Waals surface area contributed by atoms with Gasteiger partial charge >= 0.3 is 12.2 Å². The molecule has 10 heteroatoms. The first-order valence-corrected chi connectivity index (χ1v) is 9.65. The molecule has 32 heavy (non-hydrogen) atoms. The number of nitrogens with one attached hydrogen (secondary N) is 1. The molecular formula is C22H16ClF3N4O2. The summed E-state index contributed by atoms with van der Waals surface area (Å²) in [5, 5.41) is 13.0. The number of rotatable bonds is 3. The fraction of sp³-hybridized carbons (Fsp3) is 0.0455. The van der Waals surface area contributed by atoms with Crippen molar-refractivity contribution >= 4 is 45.6 Å². The number of alkyl halides is 3. The molecule has 4 rings (SSSR count). The minimum absolute atomic E-state index is 0.0866. The maximum Gasteiger partial charge on any atom is 0.417 e. The van der Waals surface area contributed by atoms with E-state index in [0.29, 0.717) is 17.4 Å². The second-order valence-corrected chi connectivity index (χ2v) is 7.36. The molecule has 0 bridgehead atoms. The van der Waals surface area contributed by atoms with Crippen molar-refractivity contribution in [2.24, 2.45) is 0 Å². The lowest BCUT2D eigenvalue weighted by Crippen LogP contribution is -2.32. The van der Waals surface area contributed by atoms with Gasteiger partial charge in [-0.2, -0.15) is 18.2 Å². The number of aromatic nitrogens is 1. The number of nitrogens with zero attached hydrogens (tertiary/aromatic N) is 2. The molecule has 0 aliphatic carbocycles. The summed E-state index contributed by atoms with van der Waals surface area (Å²) in [5.41, 5.74) is 7.02. The molecule has 164 valence electrons. The second kappa shape index (κ2) is 8.10. The molecule has 0 radical (unpaired) electrons. The summed E-state index contributed by atoms with van der Waals surface area (Å²) in [6, 6.07) is 15.8. The van der Waals surface area contributed by atoms with E-state index < -0.39 is 22.8 Å². The molecule has 0 fully saturated rings. The van der Waals surface area contributed by atoms with Gasteiger partial charge in [-0.15, -0.1) is 0 Å². The number of hydroxylamine groups is 1. The van der Waals surface area contributed by atoms with E-state index >= 15 is 0 Å². The Hall–Kier alpha value is -3.69. The van der Waals surface area contributed by atoms with E-state index in [1.165, 1.54) is 0 Å². The summed E-state index contributed by atoms with van der Waals surface area (Å²) in [6.07, 6.45) is -2.85. The van der Waals surface area contributed by atoms with Crippen molar-refractivity contribution < 1.29 is 23.2 Å². The van der Waals surface area contributed by atoms with Gasteiger partial charge in [-0.1, -0.05) is 11.6 Å². The van der Waals surface area contributed by atoms with Crippen LogP contribution in [0.3, 0.4) is 0 Å². The van der Waals surface area contributed by atoms with E-state index in [4.69, 9.17) is 17.3 Å². The normalized spacial score (nSPS) is 11.5. The van der Waals surface area contributed by atoms with Gasteiger partial charge in [0.15, 0.2) is 0 Å². The number of hydrogen-bond donors (Lipinski definition) is 3. The zero-order valence-electron chi connectivity index (χ0n) is 16.3. The van der Waals surface area contributed by atoms with Crippen LogP contribution in [0, 0.1) is 0 Å². The zero-order valence-corrected chi connectivity index (χ0v) is 17.0. The summed E-state index contributed by atoms with van der Waals surface area (Å²) in [7, 11) is 0. The predicted octanol–water partition coefficient (Wildman–Crippen LogP) is 6.31. The van der Waals surface area contributed by atoms with Crippen molar-refractivity contribution in [1.29, 1.82) is 0 Å². The van der Waals surface area contributed by atoms with E-state index in [1.807, 2.05) is 29.0 Å². The Bertz CT molecular complexity index is 1300. The standard InChI is InChI=1S/C22H16ClF3N4O2/c23-19-7-6-17(12-18(19)22(24,25)26)30(32)21(31)28-15-2-4-16(5-3-15)29-10-9-13-11-14(27)1-8-20(13)29/h1-12,32H,27H2,(H,28,31). The molecule has 0 atom stereocenters. The van der Waals surface area contributed by atoms with Crippen molar-refractivity contribution in [2.75, 3.05) is 16.1 Å². The van der Waals surface area contributed by atoms with Crippen molar-refractivity contribution in [1.82, 2.24) is 4.57 Å². The summed E-state index contributed by atoms with van der Waals surface area (Å²) in [6.45, 7) is 0. The van der Waals surface area contributed by atoms with Crippen molar-refractivity contribution in [3.63, 3.8) is 0 Å². The van der Waals surface area contributed by atoms with Crippen LogP contribution in [0.1, 0.15) is 5.56 Å². The van der Waals surface area contributed by atoms with Crippen molar-refractivity contribution in [3.05, 3.63) is 83.5 Å². The van der Waals surface area contributed by atoms with E-state index in [2.05, 4.69) is 5.32 Å². The van der Waals surface area contributed by atoms with Crippen LogP contribution in [0.2, 0.25) is 5.02 Å². The molecule has 0 spiro atoms. The molecule has 6 nitrogen and oxygen atoms in total. The summed E-state index contributed by atoms with van der Waals surface area (Å²) < 4.78 is 41.0. The van der Waals surface area contributed by atoms with Crippen molar-refractivity contribution in [2.45, 2.75) is 6.18 Å². The Morgan fingerprint density at radius 3 is 2.44 bits per heavy atom. The molecule has 2 amide bonds. The van der Waals surface area contributed by atoms with Gasteiger partial charge in [0.1, 0.15) is 0 Å². The highest BCUT2D eigenvalue weighted by Gasteiger charge is 2.34. The third-order valence-electron chi connectivity index (χ3n) is 4.80. The lowest BCUT2D eigenvalue weighted by molar-refractivity contribution is -0.137. The van der Waals surface area contributed by atoms with Gasteiger partial charge in [-0.3, -0.25) is 5.21 Å². The minimum Gasteiger partial charge on any atom is -0.399 e. The quantitative estimate of drug-likeness (QED) is 0.190. The lowest BCUT2D eigenvalue weighted by atomic mass is 10.2. The number of carbonyl (C=O) groups excluding carboxylic acids is 1. The predicted molar refractivity (Wildman–Crippen MR) is 117 cm³/mol. The highest BCUT2D eigenvalue weighted by atomic mass is 35.5. The number of hydrogen-bond acceptors (Lipinski definition) is 3. The number of urea groups is 1. The Morgan fingerprint density at radius 2 is 1.75 bits per heavy atom. The third kappa shape index (κ3) is 4.20. The van der Waals surface area contributed by atoms with Gasteiger partial charge in [0.2, 0.25) is 0 Å². The maximum absolute atomic E-state index is 13.0. The molecule has 0 unspecified atom stereocenters. The topological polar surface area (TPSA) is 83.5 Å². The van der Waals surface area contributed by atoms with E-state index in [-0.39, 0.29) is 10.8 Å². The molecule has 4 N–H and O–H groups in total. The molecular weight excluding hydrogens is 445 g/mol. The Kier molecular flexibility index (Phi) is 5.45. The van der Waals surface area contributed by atoms with Gasteiger partial charge in [0.05, 0.1) is 21.8 Å². The van der Waals surface area contributed by atoms with E-state index in [0.717, 1.165) is 28.7 Å². The summed E-state index contributed by atoms with van der Waals surface area (Å²) in [5.74, 6) is 0. The Balaban J connectivity index is 1.51. The molecule has 4 aromatic rings. The van der Waals surface area contributed by atoms with Crippen LogP contribution in [-0.4, -0.2) is 15.8 Å².